The zero-order chi connectivity index (χ0) is 19.7. The highest BCUT2D eigenvalue weighted by Gasteiger charge is 2.39. The number of aromatic nitrogens is 1. The molecule has 0 radical (unpaired) electrons. The van der Waals surface area contributed by atoms with Crippen LogP contribution in [0.25, 0.3) is 10.9 Å². The van der Waals surface area contributed by atoms with Crippen LogP contribution < -0.4 is 10.6 Å². The third-order valence-electron chi connectivity index (χ3n) is 4.64. The molecule has 3 aromatic rings. The molecule has 4 rings (SSSR count). The normalized spacial score (nSPS) is 16.5. The molecular weight excluding hydrogens is 380 g/mol. The SMILES string of the molecule is O=C(CN1C(=O)NC(Cc2c[nH]c3ccccc23)C1=O)Nc1ccc(Cl)cc1. The van der Waals surface area contributed by atoms with Crippen molar-refractivity contribution in [2.24, 2.45) is 0 Å². The van der Waals surface area contributed by atoms with E-state index in [9.17, 15) is 14.4 Å². The second-order valence-corrected chi connectivity index (χ2v) is 6.98. The molecule has 1 fully saturated rings. The number of H-pyrrole nitrogens is 1. The predicted octanol–water partition coefficient (Wildman–Crippen LogP) is 2.92. The van der Waals surface area contributed by atoms with Gasteiger partial charge in [0.1, 0.15) is 12.6 Å². The summed E-state index contributed by atoms with van der Waals surface area (Å²) in [5, 5.41) is 6.86. The number of imide groups is 1. The van der Waals surface area contributed by atoms with Crippen molar-refractivity contribution < 1.29 is 14.4 Å². The lowest BCUT2D eigenvalue weighted by atomic mass is 10.1. The molecule has 2 heterocycles. The van der Waals surface area contributed by atoms with Crippen molar-refractivity contribution in [3.63, 3.8) is 0 Å². The first kappa shape index (κ1) is 18.1. The number of hydrogen-bond donors (Lipinski definition) is 3. The molecule has 0 bridgehead atoms. The van der Waals surface area contributed by atoms with Gasteiger partial charge in [-0.05, 0) is 35.9 Å². The van der Waals surface area contributed by atoms with Crippen molar-refractivity contribution in [1.29, 1.82) is 0 Å². The lowest BCUT2D eigenvalue weighted by molar-refractivity contribution is -0.130. The summed E-state index contributed by atoms with van der Waals surface area (Å²) in [5.74, 6) is -0.875. The van der Waals surface area contributed by atoms with Gasteiger partial charge >= 0.3 is 6.03 Å². The van der Waals surface area contributed by atoms with Gasteiger partial charge in [-0.1, -0.05) is 29.8 Å². The van der Waals surface area contributed by atoms with Crippen molar-refractivity contribution in [1.82, 2.24) is 15.2 Å². The summed E-state index contributed by atoms with van der Waals surface area (Å²) in [5.41, 5.74) is 2.44. The monoisotopic (exact) mass is 396 g/mol. The Balaban J connectivity index is 1.42. The molecule has 1 saturated heterocycles. The van der Waals surface area contributed by atoms with E-state index in [4.69, 9.17) is 11.6 Å². The molecule has 4 amide bonds. The first-order valence-corrected chi connectivity index (χ1v) is 9.11. The molecule has 28 heavy (non-hydrogen) atoms. The summed E-state index contributed by atoms with van der Waals surface area (Å²) in [6, 6.07) is 13.0. The number of benzene rings is 2. The van der Waals surface area contributed by atoms with Crippen molar-refractivity contribution in [2.45, 2.75) is 12.5 Å². The minimum Gasteiger partial charge on any atom is -0.361 e. The van der Waals surface area contributed by atoms with Crippen LogP contribution in [0.5, 0.6) is 0 Å². The molecule has 1 aliphatic rings. The van der Waals surface area contributed by atoms with Gasteiger partial charge in [0.2, 0.25) is 5.91 Å². The Morgan fingerprint density at radius 3 is 2.64 bits per heavy atom. The van der Waals surface area contributed by atoms with Gasteiger partial charge in [0.05, 0.1) is 0 Å². The number of amides is 4. The predicted molar refractivity (Wildman–Crippen MR) is 106 cm³/mol. The van der Waals surface area contributed by atoms with E-state index in [0.29, 0.717) is 17.1 Å². The van der Waals surface area contributed by atoms with Crippen LogP contribution in [0.4, 0.5) is 10.5 Å². The number of anilines is 1. The molecule has 0 spiro atoms. The summed E-state index contributed by atoms with van der Waals surface area (Å²) < 4.78 is 0. The van der Waals surface area contributed by atoms with Gasteiger partial charge < -0.3 is 15.6 Å². The van der Waals surface area contributed by atoms with Crippen LogP contribution in [0.2, 0.25) is 5.02 Å². The van der Waals surface area contributed by atoms with E-state index >= 15 is 0 Å². The average Bonchev–Trinajstić information content (AvgIpc) is 3.20. The molecule has 0 aliphatic carbocycles. The fourth-order valence-corrected chi connectivity index (χ4v) is 3.39. The van der Waals surface area contributed by atoms with Crippen LogP contribution in [0.3, 0.4) is 0 Å². The molecule has 7 nitrogen and oxygen atoms in total. The van der Waals surface area contributed by atoms with E-state index in [1.807, 2.05) is 30.5 Å². The Morgan fingerprint density at radius 1 is 1.11 bits per heavy atom. The van der Waals surface area contributed by atoms with E-state index in [0.717, 1.165) is 21.4 Å². The standard InChI is InChI=1S/C20H17ClN4O3/c21-13-5-7-14(8-6-13)23-18(26)11-25-19(27)17(24-20(25)28)9-12-10-22-16-4-2-1-3-15(12)16/h1-8,10,17,22H,9,11H2,(H,23,26)(H,24,28). The number of nitrogens with zero attached hydrogens (tertiary/aromatic N) is 1. The molecule has 2 aromatic carbocycles. The maximum absolute atomic E-state index is 12.6. The topological polar surface area (TPSA) is 94.3 Å². The number of carbonyl (C=O) groups is 3. The molecule has 1 aliphatic heterocycles. The van der Waals surface area contributed by atoms with E-state index in [1.54, 1.807) is 24.3 Å². The number of rotatable bonds is 5. The maximum Gasteiger partial charge on any atom is 0.325 e. The van der Waals surface area contributed by atoms with Crippen LogP contribution in [0.15, 0.2) is 54.7 Å². The molecule has 142 valence electrons. The Morgan fingerprint density at radius 2 is 1.86 bits per heavy atom. The number of aromatic amines is 1. The van der Waals surface area contributed by atoms with Gasteiger partial charge in [-0.25, -0.2) is 4.79 Å². The Kier molecular flexibility index (Phi) is 4.75. The largest absolute Gasteiger partial charge is 0.361 e. The third kappa shape index (κ3) is 3.57. The van der Waals surface area contributed by atoms with Gasteiger partial charge in [-0.3, -0.25) is 14.5 Å². The van der Waals surface area contributed by atoms with Crippen molar-refractivity contribution in [3.8, 4) is 0 Å². The second-order valence-electron chi connectivity index (χ2n) is 6.55. The summed E-state index contributed by atoms with van der Waals surface area (Å²) >= 11 is 5.81. The van der Waals surface area contributed by atoms with Gasteiger partial charge in [0.25, 0.3) is 5.91 Å². The first-order valence-electron chi connectivity index (χ1n) is 8.73. The number of carbonyl (C=O) groups excluding carboxylic acids is 3. The van der Waals surface area contributed by atoms with Crippen molar-refractivity contribution >= 4 is 46.0 Å². The number of nitrogens with one attached hydrogen (secondary N) is 3. The third-order valence-corrected chi connectivity index (χ3v) is 4.89. The lowest BCUT2D eigenvalue weighted by Gasteiger charge is -2.13. The van der Waals surface area contributed by atoms with Crippen molar-refractivity contribution in [3.05, 3.63) is 65.3 Å². The van der Waals surface area contributed by atoms with E-state index in [2.05, 4.69) is 15.6 Å². The number of para-hydroxylation sites is 1. The molecule has 1 unspecified atom stereocenters. The number of urea groups is 1. The quantitative estimate of drug-likeness (QED) is 0.579. The fraction of sp³-hybridized carbons (Fsp3) is 0.150. The van der Waals surface area contributed by atoms with Crippen LogP contribution in [-0.2, 0) is 16.0 Å². The Hall–Kier alpha value is -3.32. The summed E-state index contributed by atoms with van der Waals surface area (Å²) in [6.07, 6.45) is 2.18. The number of hydrogen-bond acceptors (Lipinski definition) is 3. The second kappa shape index (κ2) is 7.36. The van der Waals surface area contributed by atoms with Crippen LogP contribution in [0, 0.1) is 0 Å². The van der Waals surface area contributed by atoms with Gasteiger partial charge in [0, 0.05) is 34.2 Å². The molecule has 8 heteroatoms. The maximum atomic E-state index is 12.6. The minimum absolute atomic E-state index is 0.350. The highest BCUT2D eigenvalue weighted by atomic mass is 35.5. The van der Waals surface area contributed by atoms with Crippen molar-refractivity contribution in [2.75, 3.05) is 11.9 Å². The average molecular weight is 397 g/mol. The molecular formula is C20H17ClN4O3. The van der Waals surface area contributed by atoms with E-state index < -0.39 is 23.9 Å². The summed E-state index contributed by atoms with van der Waals surface area (Å²) in [4.78, 5) is 41.2. The van der Waals surface area contributed by atoms with Gasteiger partial charge in [0.15, 0.2) is 0 Å². The highest BCUT2D eigenvalue weighted by molar-refractivity contribution is 6.30. The first-order chi connectivity index (χ1) is 13.5. The lowest BCUT2D eigenvalue weighted by Crippen LogP contribution is -2.38. The van der Waals surface area contributed by atoms with E-state index in [1.165, 1.54) is 0 Å². The number of halogens is 1. The molecule has 0 saturated carbocycles. The zero-order valence-corrected chi connectivity index (χ0v) is 15.5. The van der Waals surface area contributed by atoms with Crippen LogP contribution >= 0.6 is 11.6 Å². The molecule has 1 atom stereocenters. The van der Waals surface area contributed by atoms with Gasteiger partial charge in [-0.2, -0.15) is 0 Å². The highest BCUT2D eigenvalue weighted by Crippen LogP contribution is 2.21. The summed E-state index contributed by atoms with van der Waals surface area (Å²) in [6.45, 7) is -0.350. The number of fused-ring (bicyclic) bond motifs is 1. The summed E-state index contributed by atoms with van der Waals surface area (Å²) in [7, 11) is 0. The zero-order valence-electron chi connectivity index (χ0n) is 14.7. The smallest absolute Gasteiger partial charge is 0.325 e. The minimum atomic E-state index is -0.699. The fourth-order valence-electron chi connectivity index (χ4n) is 3.26. The Labute approximate surface area is 165 Å². The van der Waals surface area contributed by atoms with Crippen LogP contribution in [-0.4, -0.2) is 40.3 Å². The molecule has 1 aromatic heterocycles. The Bertz CT molecular complexity index is 1060. The van der Waals surface area contributed by atoms with Crippen LogP contribution in [0.1, 0.15) is 5.56 Å². The van der Waals surface area contributed by atoms with E-state index in [-0.39, 0.29) is 6.54 Å². The molecule has 3 N–H and O–H groups in total. The van der Waals surface area contributed by atoms with Gasteiger partial charge in [-0.15, -0.1) is 0 Å².